The number of aromatic nitrogens is 3. The van der Waals surface area contributed by atoms with Crippen molar-refractivity contribution in [1.82, 2.24) is 14.5 Å². The Morgan fingerprint density at radius 1 is 1.18 bits per heavy atom. The molecule has 0 radical (unpaired) electrons. The second kappa shape index (κ2) is 8.09. The topological polar surface area (TPSA) is 59.8 Å². The maximum atomic E-state index is 14.7. The first-order chi connectivity index (χ1) is 13.3. The summed E-state index contributed by atoms with van der Waals surface area (Å²) in [6.07, 6.45) is 4.94. The van der Waals surface area contributed by atoms with Crippen LogP contribution in [0, 0.1) is 18.7 Å². The minimum Gasteiger partial charge on any atom is -0.328 e. The number of carbonyl (C=O) groups is 1. The SMILES string of the molecule is CCC(CC)C(=O)Nc1cc(-c2cc(F)c3ncn(C(C)C)c3c2)c(C)cn1. The van der Waals surface area contributed by atoms with Gasteiger partial charge in [0.15, 0.2) is 5.82 Å². The van der Waals surface area contributed by atoms with E-state index in [-0.39, 0.29) is 23.7 Å². The first-order valence-electron chi connectivity index (χ1n) is 9.79. The highest BCUT2D eigenvalue weighted by Crippen LogP contribution is 2.31. The van der Waals surface area contributed by atoms with Crippen LogP contribution >= 0.6 is 0 Å². The smallest absolute Gasteiger partial charge is 0.228 e. The Balaban J connectivity index is 2.04. The summed E-state index contributed by atoms with van der Waals surface area (Å²) >= 11 is 0. The van der Waals surface area contributed by atoms with Gasteiger partial charge in [0.05, 0.1) is 11.8 Å². The van der Waals surface area contributed by atoms with Crippen molar-refractivity contribution in [3.8, 4) is 11.1 Å². The number of halogens is 1. The molecule has 0 aliphatic carbocycles. The van der Waals surface area contributed by atoms with Crippen LogP contribution in [0.5, 0.6) is 0 Å². The molecule has 1 amide bonds. The van der Waals surface area contributed by atoms with Crippen LogP contribution in [-0.2, 0) is 4.79 Å². The van der Waals surface area contributed by atoms with Crippen molar-refractivity contribution in [2.45, 2.75) is 53.5 Å². The Labute approximate surface area is 165 Å². The number of benzene rings is 1. The van der Waals surface area contributed by atoms with Crippen LogP contribution in [0.15, 0.2) is 30.7 Å². The molecule has 0 atom stereocenters. The molecule has 0 fully saturated rings. The van der Waals surface area contributed by atoms with Gasteiger partial charge in [-0.25, -0.2) is 14.4 Å². The average molecular weight is 382 g/mol. The van der Waals surface area contributed by atoms with Crippen LogP contribution in [0.25, 0.3) is 22.2 Å². The molecule has 1 aromatic carbocycles. The van der Waals surface area contributed by atoms with Crippen molar-refractivity contribution < 1.29 is 9.18 Å². The van der Waals surface area contributed by atoms with Gasteiger partial charge in [-0.15, -0.1) is 0 Å². The fraction of sp³-hybridized carbons (Fsp3) is 0.409. The average Bonchev–Trinajstić information content (AvgIpc) is 3.09. The molecule has 0 aliphatic rings. The van der Waals surface area contributed by atoms with Crippen LogP contribution in [0.1, 0.15) is 52.1 Å². The summed E-state index contributed by atoms with van der Waals surface area (Å²) in [5.41, 5.74) is 3.61. The highest BCUT2D eigenvalue weighted by molar-refractivity contribution is 5.92. The van der Waals surface area contributed by atoms with Gasteiger partial charge in [-0.3, -0.25) is 4.79 Å². The molecular weight excluding hydrogens is 355 g/mol. The number of fused-ring (bicyclic) bond motifs is 1. The Morgan fingerprint density at radius 3 is 2.54 bits per heavy atom. The summed E-state index contributed by atoms with van der Waals surface area (Å²) in [4.78, 5) is 20.9. The van der Waals surface area contributed by atoms with Crippen molar-refractivity contribution in [1.29, 1.82) is 0 Å². The van der Waals surface area contributed by atoms with E-state index in [0.29, 0.717) is 11.3 Å². The third kappa shape index (κ3) is 3.77. The maximum Gasteiger partial charge on any atom is 0.228 e. The fourth-order valence-electron chi connectivity index (χ4n) is 3.45. The van der Waals surface area contributed by atoms with Crippen LogP contribution in [0.2, 0.25) is 0 Å². The molecule has 0 unspecified atom stereocenters. The molecular formula is C22H27FN4O. The molecule has 6 heteroatoms. The van der Waals surface area contributed by atoms with Crippen LogP contribution in [0.3, 0.4) is 0 Å². The Hall–Kier alpha value is -2.76. The van der Waals surface area contributed by atoms with E-state index >= 15 is 0 Å². The van der Waals surface area contributed by atoms with E-state index < -0.39 is 0 Å². The van der Waals surface area contributed by atoms with Gasteiger partial charge in [0.2, 0.25) is 5.91 Å². The molecule has 28 heavy (non-hydrogen) atoms. The van der Waals surface area contributed by atoms with Crippen molar-refractivity contribution >= 4 is 22.8 Å². The Bertz CT molecular complexity index is 1010. The molecule has 1 N–H and O–H groups in total. The predicted octanol–water partition coefficient (Wildman–Crippen LogP) is 5.50. The van der Waals surface area contributed by atoms with E-state index in [1.54, 1.807) is 12.5 Å². The van der Waals surface area contributed by atoms with Crippen molar-refractivity contribution in [2.24, 2.45) is 5.92 Å². The van der Waals surface area contributed by atoms with Crippen molar-refractivity contribution in [3.05, 3.63) is 42.1 Å². The molecule has 5 nitrogen and oxygen atoms in total. The van der Waals surface area contributed by atoms with Gasteiger partial charge in [-0.1, -0.05) is 13.8 Å². The molecule has 0 spiro atoms. The molecule has 0 saturated carbocycles. The van der Waals surface area contributed by atoms with Gasteiger partial charge in [-0.2, -0.15) is 0 Å². The Kier molecular flexibility index (Phi) is 5.77. The molecule has 2 aromatic heterocycles. The highest BCUT2D eigenvalue weighted by Gasteiger charge is 2.17. The number of carbonyl (C=O) groups excluding carboxylic acids is 1. The van der Waals surface area contributed by atoms with Gasteiger partial charge in [-0.05, 0) is 68.5 Å². The zero-order chi connectivity index (χ0) is 20.4. The zero-order valence-electron chi connectivity index (χ0n) is 17.1. The third-order valence-electron chi connectivity index (χ3n) is 5.21. The normalized spacial score (nSPS) is 11.6. The van der Waals surface area contributed by atoms with Gasteiger partial charge >= 0.3 is 0 Å². The summed E-state index contributed by atoms with van der Waals surface area (Å²) in [6, 6.07) is 5.43. The minimum absolute atomic E-state index is 0.0354. The first-order valence-corrected chi connectivity index (χ1v) is 9.79. The van der Waals surface area contributed by atoms with Crippen LogP contribution < -0.4 is 5.32 Å². The molecule has 0 bridgehead atoms. The number of hydrogen-bond donors (Lipinski definition) is 1. The summed E-state index contributed by atoms with van der Waals surface area (Å²) in [5, 5.41) is 2.90. The number of imidazole rings is 1. The molecule has 3 aromatic rings. The number of nitrogens with zero attached hydrogens (tertiary/aromatic N) is 3. The van der Waals surface area contributed by atoms with Crippen LogP contribution in [0.4, 0.5) is 10.2 Å². The first kappa shape index (κ1) is 20.0. The number of aryl methyl sites for hydroxylation is 1. The fourth-order valence-corrected chi connectivity index (χ4v) is 3.45. The number of rotatable bonds is 6. The second-order valence-electron chi connectivity index (χ2n) is 7.46. The maximum absolute atomic E-state index is 14.7. The number of nitrogens with one attached hydrogen (secondary N) is 1. The van der Waals surface area contributed by atoms with Crippen molar-refractivity contribution in [2.75, 3.05) is 5.32 Å². The standard InChI is InChI=1S/C22H27FN4O/c1-6-15(7-2)22(28)26-20-10-17(14(5)11-24-20)16-8-18(23)21-19(9-16)27(12-25-21)13(3)4/h8-13,15H,6-7H2,1-5H3,(H,24,26,28). The predicted molar refractivity (Wildman–Crippen MR) is 111 cm³/mol. The molecule has 3 rings (SSSR count). The summed E-state index contributed by atoms with van der Waals surface area (Å²) < 4.78 is 16.6. The summed E-state index contributed by atoms with van der Waals surface area (Å²) in [5.74, 6) is 0.0497. The monoisotopic (exact) mass is 382 g/mol. The van der Waals surface area contributed by atoms with E-state index in [2.05, 4.69) is 15.3 Å². The summed E-state index contributed by atoms with van der Waals surface area (Å²) in [6.45, 7) is 10.00. The van der Waals surface area contributed by atoms with Crippen molar-refractivity contribution in [3.63, 3.8) is 0 Å². The van der Waals surface area contributed by atoms with E-state index in [1.807, 2.05) is 51.3 Å². The molecule has 0 aliphatic heterocycles. The number of hydrogen-bond acceptors (Lipinski definition) is 3. The number of amides is 1. The Morgan fingerprint density at radius 2 is 1.89 bits per heavy atom. The summed E-state index contributed by atoms with van der Waals surface area (Å²) in [7, 11) is 0. The van der Waals surface area contributed by atoms with Gasteiger partial charge < -0.3 is 9.88 Å². The molecule has 0 saturated heterocycles. The van der Waals surface area contributed by atoms with Gasteiger partial charge in [0, 0.05) is 18.2 Å². The van der Waals surface area contributed by atoms with Crippen LogP contribution in [-0.4, -0.2) is 20.4 Å². The number of anilines is 1. The lowest BCUT2D eigenvalue weighted by molar-refractivity contribution is -0.120. The largest absolute Gasteiger partial charge is 0.328 e. The minimum atomic E-state index is -0.356. The lowest BCUT2D eigenvalue weighted by Crippen LogP contribution is -2.22. The quantitative estimate of drug-likeness (QED) is 0.612. The second-order valence-corrected chi connectivity index (χ2v) is 7.46. The van der Waals surface area contributed by atoms with E-state index in [1.165, 1.54) is 6.07 Å². The highest BCUT2D eigenvalue weighted by atomic mass is 19.1. The molecule has 148 valence electrons. The third-order valence-corrected chi connectivity index (χ3v) is 5.21. The van der Waals surface area contributed by atoms with E-state index in [4.69, 9.17) is 0 Å². The zero-order valence-corrected chi connectivity index (χ0v) is 17.1. The van der Waals surface area contributed by atoms with E-state index in [9.17, 15) is 9.18 Å². The van der Waals surface area contributed by atoms with E-state index in [0.717, 1.165) is 35.0 Å². The lowest BCUT2D eigenvalue weighted by atomic mass is 10.0. The van der Waals surface area contributed by atoms with Gasteiger partial charge in [0.1, 0.15) is 11.3 Å². The molecule has 2 heterocycles. The lowest BCUT2D eigenvalue weighted by Gasteiger charge is -2.14. The number of pyridine rings is 1. The van der Waals surface area contributed by atoms with Gasteiger partial charge in [0.25, 0.3) is 0 Å².